The van der Waals surface area contributed by atoms with Crippen LogP contribution in [0.15, 0.2) is 48.5 Å². The SMILES string of the molecule is CC1(c2ccc(F)cc2)NC(=O)N(CC(=O)NNC(=O)c2ccccc2F)C1=O. The molecule has 29 heavy (non-hydrogen) atoms. The fourth-order valence-corrected chi connectivity index (χ4v) is 2.84. The number of nitrogens with one attached hydrogen (secondary N) is 3. The van der Waals surface area contributed by atoms with Crippen molar-refractivity contribution < 1.29 is 28.0 Å². The highest BCUT2D eigenvalue weighted by atomic mass is 19.1. The number of hydrogen-bond acceptors (Lipinski definition) is 4. The van der Waals surface area contributed by atoms with E-state index in [0.717, 1.165) is 18.2 Å². The predicted octanol–water partition coefficient (Wildman–Crippen LogP) is 1.19. The number of hydrazine groups is 1. The smallest absolute Gasteiger partial charge is 0.319 e. The number of urea groups is 1. The Morgan fingerprint density at radius 1 is 1.03 bits per heavy atom. The molecular weight excluding hydrogens is 386 g/mol. The van der Waals surface area contributed by atoms with Gasteiger partial charge >= 0.3 is 6.03 Å². The fourth-order valence-electron chi connectivity index (χ4n) is 2.84. The average Bonchev–Trinajstić information content (AvgIpc) is 2.91. The Morgan fingerprint density at radius 3 is 2.34 bits per heavy atom. The van der Waals surface area contributed by atoms with E-state index in [1.807, 2.05) is 10.9 Å². The maximum atomic E-state index is 13.6. The van der Waals surface area contributed by atoms with Gasteiger partial charge in [-0.3, -0.25) is 30.1 Å². The lowest BCUT2D eigenvalue weighted by atomic mass is 9.92. The Labute approximate surface area is 163 Å². The largest absolute Gasteiger partial charge is 0.325 e. The molecule has 0 saturated carbocycles. The number of hydrogen-bond donors (Lipinski definition) is 3. The molecule has 0 spiro atoms. The van der Waals surface area contributed by atoms with Crippen molar-refractivity contribution in [3.63, 3.8) is 0 Å². The first-order valence-corrected chi connectivity index (χ1v) is 8.46. The maximum absolute atomic E-state index is 13.6. The molecule has 1 unspecified atom stereocenters. The summed E-state index contributed by atoms with van der Waals surface area (Å²) in [5.74, 6) is -3.77. The second kappa shape index (κ2) is 7.66. The topological polar surface area (TPSA) is 108 Å². The molecule has 0 radical (unpaired) electrons. The molecule has 0 aliphatic carbocycles. The van der Waals surface area contributed by atoms with Gasteiger partial charge in [0.2, 0.25) is 0 Å². The second-order valence-corrected chi connectivity index (χ2v) is 6.44. The molecule has 1 atom stereocenters. The van der Waals surface area contributed by atoms with Crippen LogP contribution in [0.5, 0.6) is 0 Å². The van der Waals surface area contributed by atoms with Crippen LogP contribution in [0.1, 0.15) is 22.8 Å². The molecule has 10 heteroatoms. The van der Waals surface area contributed by atoms with E-state index in [1.54, 1.807) is 0 Å². The first kappa shape index (κ1) is 19.9. The van der Waals surface area contributed by atoms with E-state index in [1.165, 1.54) is 37.3 Å². The zero-order valence-electron chi connectivity index (χ0n) is 15.2. The fraction of sp³-hybridized carbons (Fsp3) is 0.158. The van der Waals surface area contributed by atoms with Gasteiger partial charge in [-0.2, -0.15) is 0 Å². The number of amides is 5. The normalized spacial score (nSPS) is 18.4. The minimum absolute atomic E-state index is 0.285. The second-order valence-electron chi connectivity index (χ2n) is 6.44. The monoisotopic (exact) mass is 402 g/mol. The van der Waals surface area contributed by atoms with Gasteiger partial charge in [-0.05, 0) is 36.8 Å². The van der Waals surface area contributed by atoms with Crippen LogP contribution in [0.25, 0.3) is 0 Å². The van der Waals surface area contributed by atoms with Gasteiger partial charge in [0.05, 0.1) is 5.56 Å². The van der Waals surface area contributed by atoms with Crippen LogP contribution >= 0.6 is 0 Å². The third kappa shape index (κ3) is 3.91. The van der Waals surface area contributed by atoms with Crippen molar-refractivity contribution in [1.82, 2.24) is 21.1 Å². The average molecular weight is 402 g/mol. The van der Waals surface area contributed by atoms with Crippen molar-refractivity contribution in [1.29, 1.82) is 0 Å². The van der Waals surface area contributed by atoms with Crippen molar-refractivity contribution in [3.05, 3.63) is 71.3 Å². The zero-order valence-corrected chi connectivity index (χ0v) is 15.2. The first-order chi connectivity index (χ1) is 13.7. The van der Waals surface area contributed by atoms with Crippen LogP contribution in [0.3, 0.4) is 0 Å². The highest BCUT2D eigenvalue weighted by molar-refractivity contribution is 6.09. The Bertz CT molecular complexity index is 996. The molecule has 0 aromatic heterocycles. The molecule has 2 aromatic carbocycles. The van der Waals surface area contributed by atoms with E-state index in [9.17, 15) is 28.0 Å². The first-order valence-electron chi connectivity index (χ1n) is 8.46. The molecule has 8 nitrogen and oxygen atoms in total. The summed E-state index contributed by atoms with van der Waals surface area (Å²) in [5, 5.41) is 2.47. The molecule has 0 bridgehead atoms. The summed E-state index contributed by atoms with van der Waals surface area (Å²) < 4.78 is 26.7. The van der Waals surface area contributed by atoms with E-state index in [0.29, 0.717) is 10.5 Å². The molecule has 1 saturated heterocycles. The van der Waals surface area contributed by atoms with Gasteiger partial charge in [-0.25, -0.2) is 13.6 Å². The highest BCUT2D eigenvalue weighted by Gasteiger charge is 2.49. The maximum Gasteiger partial charge on any atom is 0.325 e. The molecule has 1 heterocycles. The van der Waals surface area contributed by atoms with Gasteiger partial charge in [0.15, 0.2) is 0 Å². The van der Waals surface area contributed by atoms with Gasteiger partial charge in [0.1, 0.15) is 23.7 Å². The summed E-state index contributed by atoms with van der Waals surface area (Å²) in [6.07, 6.45) is 0. The van der Waals surface area contributed by atoms with Crippen molar-refractivity contribution in [2.75, 3.05) is 6.54 Å². The summed E-state index contributed by atoms with van der Waals surface area (Å²) >= 11 is 0. The van der Waals surface area contributed by atoms with Crippen molar-refractivity contribution in [3.8, 4) is 0 Å². The summed E-state index contributed by atoms with van der Waals surface area (Å²) in [6.45, 7) is 0.747. The number of carbonyl (C=O) groups excluding carboxylic acids is 4. The number of carbonyl (C=O) groups is 4. The molecule has 150 valence electrons. The lowest BCUT2D eigenvalue weighted by Gasteiger charge is -2.22. The molecular formula is C19H16F2N4O4. The van der Waals surface area contributed by atoms with Gasteiger partial charge in [-0.1, -0.05) is 24.3 Å². The highest BCUT2D eigenvalue weighted by Crippen LogP contribution is 2.28. The molecule has 3 N–H and O–H groups in total. The van der Waals surface area contributed by atoms with E-state index >= 15 is 0 Å². The van der Waals surface area contributed by atoms with E-state index in [-0.39, 0.29) is 5.56 Å². The van der Waals surface area contributed by atoms with Crippen LogP contribution in [-0.2, 0) is 15.1 Å². The van der Waals surface area contributed by atoms with Crippen LogP contribution in [-0.4, -0.2) is 35.2 Å². The number of imide groups is 1. The predicted molar refractivity (Wildman–Crippen MR) is 96.0 cm³/mol. The van der Waals surface area contributed by atoms with E-state index in [4.69, 9.17) is 0 Å². The summed E-state index contributed by atoms with van der Waals surface area (Å²) in [7, 11) is 0. The Kier molecular flexibility index (Phi) is 5.26. The van der Waals surface area contributed by atoms with Gasteiger partial charge in [-0.15, -0.1) is 0 Å². The number of rotatable bonds is 4. The molecule has 1 aliphatic heterocycles. The van der Waals surface area contributed by atoms with Crippen LogP contribution in [0.4, 0.5) is 13.6 Å². The van der Waals surface area contributed by atoms with Gasteiger partial charge in [0, 0.05) is 0 Å². The minimum atomic E-state index is -1.47. The van der Waals surface area contributed by atoms with E-state index in [2.05, 4.69) is 5.32 Å². The summed E-state index contributed by atoms with van der Waals surface area (Å²) in [5.41, 5.74) is 2.62. The Hall–Kier alpha value is -3.82. The van der Waals surface area contributed by atoms with Crippen LogP contribution in [0, 0.1) is 11.6 Å². The summed E-state index contributed by atoms with van der Waals surface area (Å²) in [6, 6.07) is 9.34. The third-order valence-corrected chi connectivity index (χ3v) is 4.43. The number of halogens is 2. The lowest BCUT2D eigenvalue weighted by molar-refractivity contribution is -0.135. The zero-order chi connectivity index (χ0) is 21.2. The van der Waals surface area contributed by atoms with Gasteiger partial charge in [0.25, 0.3) is 17.7 Å². The Morgan fingerprint density at radius 2 is 1.69 bits per heavy atom. The lowest BCUT2D eigenvalue weighted by Crippen LogP contribution is -2.48. The van der Waals surface area contributed by atoms with Crippen molar-refractivity contribution >= 4 is 23.8 Å². The van der Waals surface area contributed by atoms with Crippen molar-refractivity contribution in [2.45, 2.75) is 12.5 Å². The third-order valence-electron chi connectivity index (χ3n) is 4.43. The number of nitrogens with zero attached hydrogens (tertiary/aromatic N) is 1. The molecule has 1 fully saturated rings. The molecule has 3 rings (SSSR count). The minimum Gasteiger partial charge on any atom is -0.319 e. The molecule has 2 aromatic rings. The number of benzene rings is 2. The van der Waals surface area contributed by atoms with E-state index < -0.39 is 47.5 Å². The van der Waals surface area contributed by atoms with Crippen LogP contribution < -0.4 is 16.2 Å². The molecule has 1 aliphatic rings. The standard InChI is InChI=1S/C19H16F2N4O4/c1-19(11-6-8-12(20)9-7-11)17(28)25(18(29)22-19)10-15(26)23-24-16(27)13-4-2-3-5-14(13)21/h2-9H,10H2,1H3,(H,22,29)(H,23,26)(H,24,27). The van der Waals surface area contributed by atoms with Gasteiger partial charge < -0.3 is 5.32 Å². The summed E-state index contributed by atoms with van der Waals surface area (Å²) in [4.78, 5) is 49.5. The quantitative estimate of drug-likeness (QED) is 0.528. The Balaban J connectivity index is 1.64. The van der Waals surface area contributed by atoms with Crippen molar-refractivity contribution in [2.24, 2.45) is 0 Å². The molecule has 5 amide bonds. The van der Waals surface area contributed by atoms with Crippen LogP contribution in [0.2, 0.25) is 0 Å².